The lowest BCUT2D eigenvalue weighted by atomic mass is 10.1. The summed E-state index contributed by atoms with van der Waals surface area (Å²) in [4.78, 5) is 27.1. The van der Waals surface area contributed by atoms with E-state index in [0.29, 0.717) is 12.5 Å². The molecule has 0 bridgehead atoms. The van der Waals surface area contributed by atoms with Gasteiger partial charge in [-0.2, -0.15) is 0 Å². The van der Waals surface area contributed by atoms with Crippen molar-refractivity contribution >= 4 is 11.8 Å². The number of carbonyl (C=O) groups is 2. The Hall–Kier alpha value is -2.69. The predicted molar refractivity (Wildman–Crippen MR) is 109 cm³/mol. The number of benzene rings is 2. The molecule has 1 atom stereocenters. The van der Waals surface area contributed by atoms with Gasteiger partial charge in [0.2, 0.25) is 11.8 Å². The first kappa shape index (κ1) is 21.6. The van der Waals surface area contributed by atoms with Crippen LogP contribution in [0, 0.1) is 11.7 Å². The van der Waals surface area contributed by atoms with Crippen molar-refractivity contribution in [2.45, 2.75) is 46.2 Å². The molecule has 0 aliphatic heterocycles. The van der Waals surface area contributed by atoms with Gasteiger partial charge in [-0.15, -0.1) is 0 Å². The maximum Gasteiger partial charge on any atom is 0.242 e. The lowest BCUT2D eigenvalue weighted by Crippen LogP contribution is -2.48. The fraction of sp³-hybridized carbons (Fsp3) is 0.391. The van der Waals surface area contributed by atoms with Crippen LogP contribution in [-0.4, -0.2) is 29.3 Å². The summed E-state index contributed by atoms with van der Waals surface area (Å²) < 4.78 is 13.2. The van der Waals surface area contributed by atoms with Crippen LogP contribution in [0.2, 0.25) is 0 Å². The highest BCUT2D eigenvalue weighted by atomic mass is 19.1. The van der Waals surface area contributed by atoms with Gasteiger partial charge in [0.25, 0.3) is 0 Å². The molecule has 2 amide bonds. The second kappa shape index (κ2) is 10.6. The first-order valence-electron chi connectivity index (χ1n) is 9.72. The highest BCUT2D eigenvalue weighted by molar-refractivity contribution is 5.88. The van der Waals surface area contributed by atoms with Crippen LogP contribution in [0.4, 0.5) is 4.39 Å². The smallest absolute Gasteiger partial charge is 0.242 e. The van der Waals surface area contributed by atoms with E-state index >= 15 is 0 Å². The van der Waals surface area contributed by atoms with Crippen molar-refractivity contribution in [3.05, 3.63) is 71.5 Å². The molecule has 0 spiro atoms. The first-order valence-corrected chi connectivity index (χ1v) is 9.72. The minimum atomic E-state index is -0.617. The molecule has 2 aromatic carbocycles. The predicted octanol–water partition coefficient (Wildman–Crippen LogP) is 3.95. The van der Waals surface area contributed by atoms with Crippen molar-refractivity contribution in [2.75, 3.05) is 6.54 Å². The molecule has 1 N–H and O–H groups in total. The SMILES string of the molecule is CC(C)CCNC(=O)[C@@H](C)N(Cc1ccc(F)cc1)C(=O)Cc1ccccc1. The van der Waals surface area contributed by atoms with Crippen molar-refractivity contribution < 1.29 is 14.0 Å². The zero-order chi connectivity index (χ0) is 20.5. The summed E-state index contributed by atoms with van der Waals surface area (Å²) >= 11 is 0. The molecule has 150 valence electrons. The number of rotatable bonds is 9. The van der Waals surface area contributed by atoms with Crippen LogP contribution < -0.4 is 5.32 Å². The molecule has 0 saturated heterocycles. The molecule has 2 rings (SSSR count). The molecule has 5 heteroatoms. The second-order valence-corrected chi connectivity index (χ2v) is 7.46. The van der Waals surface area contributed by atoms with Crippen LogP contribution >= 0.6 is 0 Å². The second-order valence-electron chi connectivity index (χ2n) is 7.46. The minimum absolute atomic E-state index is 0.137. The van der Waals surface area contributed by atoms with Crippen molar-refractivity contribution in [1.29, 1.82) is 0 Å². The third-order valence-corrected chi connectivity index (χ3v) is 4.65. The Morgan fingerprint density at radius 3 is 2.21 bits per heavy atom. The lowest BCUT2D eigenvalue weighted by Gasteiger charge is -2.29. The summed E-state index contributed by atoms with van der Waals surface area (Å²) in [6.45, 7) is 6.76. The van der Waals surface area contributed by atoms with E-state index in [9.17, 15) is 14.0 Å². The number of hydrogen-bond acceptors (Lipinski definition) is 2. The molecule has 4 nitrogen and oxygen atoms in total. The molecule has 0 aromatic heterocycles. The molecule has 0 aliphatic rings. The fourth-order valence-electron chi connectivity index (χ4n) is 2.87. The highest BCUT2D eigenvalue weighted by Crippen LogP contribution is 2.13. The van der Waals surface area contributed by atoms with Gasteiger partial charge in [0.05, 0.1) is 6.42 Å². The number of amides is 2. The number of halogens is 1. The molecule has 0 unspecified atom stereocenters. The number of nitrogens with one attached hydrogen (secondary N) is 1. The summed E-state index contributed by atoms with van der Waals surface area (Å²) in [7, 11) is 0. The van der Waals surface area contributed by atoms with Crippen LogP contribution in [0.5, 0.6) is 0 Å². The van der Waals surface area contributed by atoms with E-state index in [-0.39, 0.29) is 30.6 Å². The van der Waals surface area contributed by atoms with E-state index in [1.165, 1.54) is 12.1 Å². The monoisotopic (exact) mass is 384 g/mol. The maximum atomic E-state index is 13.2. The van der Waals surface area contributed by atoms with Crippen molar-refractivity contribution in [2.24, 2.45) is 5.92 Å². The third kappa shape index (κ3) is 6.80. The molecule has 0 radical (unpaired) electrons. The van der Waals surface area contributed by atoms with Crippen LogP contribution in [0.1, 0.15) is 38.3 Å². The minimum Gasteiger partial charge on any atom is -0.354 e. The topological polar surface area (TPSA) is 49.4 Å². The highest BCUT2D eigenvalue weighted by Gasteiger charge is 2.26. The van der Waals surface area contributed by atoms with Crippen LogP contribution in [0.25, 0.3) is 0 Å². The average Bonchev–Trinajstić information content (AvgIpc) is 2.67. The Bertz CT molecular complexity index is 760. The quantitative estimate of drug-likeness (QED) is 0.712. The lowest BCUT2D eigenvalue weighted by molar-refractivity contribution is -0.140. The maximum absolute atomic E-state index is 13.2. The first-order chi connectivity index (χ1) is 13.4. The van der Waals surface area contributed by atoms with Crippen LogP contribution in [0.15, 0.2) is 54.6 Å². The molecule has 28 heavy (non-hydrogen) atoms. The normalized spacial score (nSPS) is 11.9. The number of hydrogen-bond donors (Lipinski definition) is 1. The summed E-state index contributed by atoms with van der Waals surface area (Å²) in [6, 6.07) is 14.8. The fourth-order valence-corrected chi connectivity index (χ4v) is 2.87. The molecule has 0 heterocycles. The Morgan fingerprint density at radius 2 is 1.61 bits per heavy atom. The number of nitrogens with zero attached hydrogens (tertiary/aromatic N) is 1. The summed E-state index contributed by atoms with van der Waals surface area (Å²) in [5.41, 5.74) is 1.67. The van der Waals surface area contributed by atoms with Crippen LogP contribution in [0.3, 0.4) is 0 Å². The van der Waals surface area contributed by atoms with Gasteiger partial charge >= 0.3 is 0 Å². The molecule has 0 aliphatic carbocycles. The zero-order valence-electron chi connectivity index (χ0n) is 16.8. The van der Waals surface area contributed by atoms with Gasteiger partial charge in [-0.3, -0.25) is 9.59 Å². The molecule has 2 aromatic rings. The molecule has 0 fully saturated rings. The van der Waals surface area contributed by atoms with Gasteiger partial charge in [0.15, 0.2) is 0 Å². The van der Waals surface area contributed by atoms with Gasteiger partial charge in [-0.05, 0) is 42.5 Å². The largest absolute Gasteiger partial charge is 0.354 e. The molecular formula is C23H29FN2O2. The van der Waals surface area contributed by atoms with Gasteiger partial charge in [-0.25, -0.2) is 4.39 Å². The summed E-state index contributed by atoms with van der Waals surface area (Å²) in [5, 5.41) is 2.92. The van der Waals surface area contributed by atoms with Crippen molar-refractivity contribution in [3.63, 3.8) is 0 Å². The van der Waals surface area contributed by atoms with Gasteiger partial charge in [-0.1, -0.05) is 56.3 Å². The van der Waals surface area contributed by atoms with E-state index in [1.807, 2.05) is 30.3 Å². The number of carbonyl (C=O) groups excluding carboxylic acids is 2. The van der Waals surface area contributed by atoms with Crippen LogP contribution in [-0.2, 0) is 22.6 Å². The third-order valence-electron chi connectivity index (χ3n) is 4.65. The van der Waals surface area contributed by atoms with E-state index < -0.39 is 6.04 Å². The van der Waals surface area contributed by atoms with Gasteiger partial charge < -0.3 is 10.2 Å². The van der Waals surface area contributed by atoms with E-state index in [1.54, 1.807) is 24.0 Å². The van der Waals surface area contributed by atoms with Crippen molar-refractivity contribution in [3.8, 4) is 0 Å². The Labute approximate surface area is 166 Å². The van der Waals surface area contributed by atoms with E-state index in [2.05, 4.69) is 19.2 Å². The zero-order valence-corrected chi connectivity index (χ0v) is 16.8. The van der Waals surface area contributed by atoms with E-state index in [0.717, 1.165) is 17.5 Å². The Balaban J connectivity index is 2.13. The van der Waals surface area contributed by atoms with Gasteiger partial charge in [0, 0.05) is 13.1 Å². The van der Waals surface area contributed by atoms with Gasteiger partial charge in [0.1, 0.15) is 11.9 Å². The molecular weight excluding hydrogens is 355 g/mol. The Morgan fingerprint density at radius 1 is 0.964 bits per heavy atom. The molecule has 0 saturated carbocycles. The Kier molecular flexibility index (Phi) is 8.18. The van der Waals surface area contributed by atoms with E-state index in [4.69, 9.17) is 0 Å². The standard InChI is InChI=1S/C23H29FN2O2/c1-17(2)13-14-25-23(28)18(3)26(16-20-9-11-21(24)12-10-20)22(27)15-19-7-5-4-6-8-19/h4-12,17-18H,13-16H2,1-3H3,(H,25,28)/t18-/m1/s1. The summed E-state index contributed by atoms with van der Waals surface area (Å²) in [6.07, 6.45) is 1.10. The van der Waals surface area contributed by atoms with Crippen molar-refractivity contribution in [1.82, 2.24) is 10.2 Å². The summed E-state index contributed by atoms with van der Waals surface area (Å²) in [5.74, 6) is -0.151. The average molecular weight is 384 g/mol.